The van der Waals surface area contributed by atoms with Gasteiger partial charge in [0.1, 0.15) is 0 Å². The zero-order valence-corrected chi connectivity index (χ0v) is 12.1. The van der Waals surface area contributed by atoms with Crippen LogP contribution in [0.1, 0.15) is 13.3 Å². The fourth-order valence-corrected chi connectivity index (χ4v) is 2.57. The number of nitro groups is 1. The van der Waals surface area contributed by atoms with Gasteiger partial charge in [-0.1, -0.05) is 6.92 Å². The summed E-state index contributed by atoms with van der Waals surface area (Å²) in [7, 11) is 1.78. The maximum Gasteiger partial charge on any atom is 0.273 e. The Balaban J connectivity index is 2.12. The summed E-state index contributed by atoms with van der Waals surface area (Å²) in [6.45, 7) is 7.20. The summed E-state index contributed by atoms with van der Waals surface area (Å²) in [5.74, 6) is 0. The Labute approximate surface area is 119 Å². The first-order valence-electron chi connectivity index (χ1n) is 7.08. The van der Waals surface area contributed by atoms with E-state index in [1.807, 2.05) is 6.07 Å². The first-order chi connectivity index (χ1) is 9.63. The molecule has 1 aromatic rings. The van der Waals surface area contributed by atoms with Crippen molar-refractivity contribution in [1.29, 1.82) is 0 Å². The fourth-order valence-electron chi connectivity index (χ4n) is 2.57. The molecule has 0 atom stereocenters. The summed E-state index contributed by atoms with van der Waals surface area (Å²) in [5.41, 5.74) is 1.85. The van der Waals surface area contributed by atoms with E-state index in [1.165, 1.54) is 6.42 Å². The number of hydrogen-bond donors (Lipinski definition) is 1. The number of piperazine rings is 1. The molecule has 1 heterocycles. The molecule has 6 heteroatoms. The molecule has 2 rings (SSSR count). The minimum atomic E-state index is -0.336. The van der Waals surface area contributed by atoms with Gasteiger partial charge in [-0.2, -0.15) is 0 Å². The Morgan fingerprint density at radius 1 is 1.25 bits per heavy atom. The van der Waals surface area contributed by atoms with Crippen LogP contribution in [0.3, 0.4) is 0 Å². The van der Waals surface area contributed by atoms with Gasteiger partial charge in [0.05, 0.1) is 4.92 Å². The van der Waals surface area contributed by atoms with E-state index in [0.717, 1.165) is 44.1 Å². The average Bonchev–Trinajstić information content (AvgIpc) is 2.47. The Morgan fingerprint density at radius 3 is 2.50 bits per heavy atom. The quantitative estimate of drug-likeness (QED) is 0.660. The molecule has 110 valence electrons. The molecule has 1 aliphatic rings. The molecule has 0 spiro atoms. The summed E-state index contributed by atoms with van der Waals surface area (Å²) in [4.78, 5) is 15.3. The minimum absolute atomic E-state index is 0.142. The highest BCUT2D eigenvalue weighted by molar-refractivity contribution is 5.64. The van der Waals surface area contributed by atoms with Crippen molar-refractivity contribution in [2.24, 2.45) is 0 Å². The van der Waals surface area contributed by atoms with Crippen molar-refractivity contribution in [2.75, 3.05) is 50.0 Å². The monoisotopic (exact) mass is 278 g/mol. The van der Waals surface area contributed by atoms with Crippen LogP contribution < -0.4 is 10.2 Å². The summed E-state index contributed by atoms with van der Waals surface area (Å²) in [6, 6.07) is 5.20. The van der Waals surface area contributed by atoms with Gasteiger partial charge in [0, 0.05) is 56.7 Å². The first-order valence-corrected chi connectivity index (χ1v) is 7.08. The van der Waals surface area contributed by atoms with E-state index < -0.39 is 0 Å². The van der Waals surface area contributed by atoms with E-state index >= 15 is 0 Å². The van der Waals surface area contributed by atoms with E-state index in [2.05, 4.69) is 22.0 Å². The molecule has 0 amide bonds. The van der Waals surface area contributed by atoms with Crippen LogP contribution in [0.15, 0.2) is 18.2 Å². The predicted molar refractivity (Wildman–Crippen MR) is 81.6 cm³/mol. The van der Waals surface area contributed by atoms with E-state index in [-0.39, 0.29) is 10.6 Å². The lowest BCUT2D eigenvalue weighted by atomic mass is 10.2. The van der Waals surface area contributed by atoms with Crippen molar-refractivity contribution >= 4 is 17.1 Å². The van der Waals surface area contributed by atoms with Gasteiger partial charge >= 0.3 is 0 Å². The lowest BCUT2D eigenvalue weighted by molar-refractivity contribution is -0.384. The van der Waals surface area contributed by atoms with Crippen LogP contribution in [-0.2, 0) is 0 Å². The number of hydrogen-bond acceptors (Lipinski definition) is 5. The summed E-state index contributed by atoms with van der Waals surface area (Å²) in [6.07, 6.45) is 1.17. The number of nitro benzene ring substituents is 1. The topological polar surface area (TPSA) is 61.6 Å². The van der Waals surface area contributed by atoms with E-state index in [0.29, 0.717) is 0 Å². The minimum Gasteiger partial charge on any atom is -0.388 e. The number of non-ortho nitro benzene ring substituents is 1. The largest absolute Gasteiger partial charge is 0.388 e. The van der Waals surface area contributed by atoms with Gasteiger partial charge in [-0.15, -0.1) is 0 Å². The summed E-state index contributed by atoms with van der Waals surface area (Å²) >= 11 is 0. The van der Waals surface area contributed by atoms with Crippen molar-refractivity contribution in [2.45, 2.75) is 13.3 Å². The molecule has 0 aliphatic carbocycles. The number of rotatable bonds is 5. The van der Waals surface area contributed by atoms with Crippen molar-refractivity contribution in [3.63, 3.8) is 0 Å². The van der Waals surface area contributed by atoms with Crippen LogP contribution in [-0.4, -0.2) is 49.6 Å². The molecule has 0 unspecified atom stereocenters. The Kier molecular flexibility index (Phi) is 4.79. The lowest BCUT2D eigenvalue weighted by Gasteiger charge is -2.36. The third-order valence-corrected chi connectivity index (χ3v) is 3.68. The zero-order chi connectivity index (χ0) is 14.5. The Morgan fingerprint density at radius 2 is 1.95 bits per heavy atom. The molecule has 1 saturated heterocycles. The molecular weight excluding hydrogens is 256 g/mol. The van der Waals surface area contributed by atoms with Crippen molar-refractivity contribution < 1.29 is 4.92 Å². The van der Waals surface area contributed by atoms with Gasteiger partial charge in [-0.05, 0) is 19.0 Å². The summed E-state index contributed by atoms with van der Waals surface area (Å²) < 4.78 is 0. The van der Waals surface area contributed by atoms with Gasteiger partial charge < -0.3 is 10.2 Å². The molecule has 0 aromatic heterocycles. The van der Waals surface area contributed by atoms with Crippen molar-refractivity contribution in [1.82, 2.24) is 4.90 Å². The third kappa shape index (κ3) is 3.39. The maximum absolute atomic E-state index is 11.0. The second-order valence-electron chi connectivity index (χ2n) is 5.07. The fraction of sp³-hybridized carbons (Fsp3) is 0.571. The van der Waals surface area contributed by atoms with Crippen LogP contribution in [0.5, 0.6) is 0 Å². The number of nitrogens with zero attached hydrogens (tertiary/aromatic N) is 3. The average molecular weight is 278 g/mol. The Bertz CT molecular complexity index is 470. The SMILES string of the molecule is CCCN1CCN(c2cc(NC)cc([N+](=O)[O-])c2)CC1. The van der Waals surface area contributed by atoms with Crippen LogP contribution in [0.4, 0.5) is 17.1 Å². The smallest absolute Gasteiger partial charge is 0.273 e. The molecule has 20 heavy (non-hydrogen) atoms. The number of benzene rings is 1. The van der Waals surface area contributed by atoms with Crippen LogP contribution in [0, 0.1) is 10.1 Å². The molecule has 6 nitrogen and oxygen atoms in total. The zero-order valence-electron chi connectivity index (χ0n) is 12.1. The highest BCUT2D eigenvalue weighted by Crippen LogP contribution is 2.27. The molecule has 1 aromatic carbocycles. The van der Waals surface area contributed by atoms with Gasteiger partial charge in [0.25, 0.3) is 5.69 Å². The molecule has 1 N–H and O–H groups in total. The van der Waals surface area contributed by atoms with Gasteiger partial charge in [-0.25, -0.2) is 0 Å². The third-order valence-electron chi connectivity index (χ3n) is 3.68. The first kappa shape index (κ1) is 14.6. The Hall–Kier alpha value is -1.82. The molecule has 1 fully saturated rings. The maximum atomic E-state index is 11.0. The van der Waals surface area contributed by atoms with E-state index in [4.69, 9.17) is 0 Å². The normalized spacial score (nSPS) is 16.2. The predicted octanol–water partition coefficient (Wildman–Crippen LogP) is 2.17. The van der Waals surface area contributed by atoms with E-state index in [1.54, 1.807) is 19.2 Å². The highest BCUT2D eigenvalue weighted by Gasteiger charge is 2.19. The molecule has 1 aliphatic heterocycles. The lowest BCUT2D eigenvalue weighted by Crippen LogP contribution is -2.46. The standard InChI is InChI=1S/C14H22N4O2/c1-3-4-16-5-7-17(8-6-16)13-9-12(15-2)10-14(11-13)18(19)20/h9-11,15H,3-8H2,1-2H3. The van der Waals surface area contributed by atoms with Gasteiger partial charge in [-0.3, -0.25) is 15.0 Å². The molecule has 0 saturated carbocycles. The second kappa shape index (κ2) is 6.56. The van der Waals surface area contributed by atoms with Crippen molar-refractivity contribution in [3.05, 3.63) is 28.3 Å². The molecule has 0 radical (unpaired) electrons. The molecular formula is C14H22N4O2. The molecule has 0 bridgehead atoms. The van der Waals surface area contributed by atoms with Crippen LogP contribution >= 0.6 is 0 Å². The van der Waals surface area contributed by atoms with Crippen molar-refractivity contribution in [3.8, 4) is 0 Å². The number of nitrogens with one attached hydrogen (secondary N) is 1. The van der Waals surface area contributed by atoms with Gasteiger partial charge in [0.2, 0.25) is 0 Å². The number of anilines is 2. The second-order valence-corrected chi connectivity index (χ2v) is 5.07. The highest BCUT2D eigenvalue weighted by atomic mass is 16.6. The summed E-state index contributed by atoms with van der Waals surface area (Å²) in [5, 5.41) is 14.0. The van der Waals surface area contributed by atoms with Crippen LogP contribution in [0.25, 0.3) is 0 Å². The van der Waals surface area contributed by atoms with Crippen LogP contribution in [0.2, 0.25) is 0 Å². The van der Waals surface area contributed by atoms with E-state index in [9.17, 15) is 10.1 Å². The van der Waals surface area contributed by atoms with Gasteiger partial charge in [0.15, 0.2) is 0 Å².